The molecule has 4 rings (SSSR count). The standard InChI is InChI=1S/C18H23N5O/c1-12(2)24-18-10-17(19-11-20-18)23-14-4-5-15(23)9-13(8-14)16-6-7-21-22(16)3/h6-8,10-12,14-15H,4-5,9H2,1-3H3/t14-,15-/m1/s1. The van der Waals surface area contributed by atoms with E-state index in [1.807, 2.05) is 37.8 Å². The second-order valence-corrected chi connectivity index (χ2v) is 6.82. The fraction of sp³-hybridized carbons (Fsp3) is 0.500. The third kappa shape index (κ3) is 2.66. The highest BCUT2D eigenvalue weighted by molar-refractivity contribution is 5.69. The van der Waals surface area contributed by atoms with Gasteiger partial charge in [-0.2, -0.15) is 5.10 Å². The molecule has 0 spiro atoms. The monoisotopic (exact) mass is 325 g/mol. The average Bonchev–Trinajstić information content (AvgIpc) is 3.08. The number of hydrogen-bond acceptors (Lipinski definition) is 5. The van der Waals surface area contributed by atoms with Crippen LogP contribution in [0.1, 0.15) is 38.8 Å². The number of anilines is 1. The van der Waals surface area contributed by atoms with Crippen molar-refractivity contribution >= 4 is 11.4 Å². The van der Waals surface area contributed by atoms with Gasteiger partial charge < -0.3 is 9.64 Å². The van der Waals surface area contributed by atoms with Crippen LogP contribution in [0.4, 0.5) is 5.82 Å². The second kappa shape index (κ2) is 5.92. The lowest BCUT2D eigenvalue weighted by Crippen LogP contribution is -2.39. The normalized spacial score (nSPS) is 22.8. The van der Waals surface area contributed by atoms with Gasteiger partial charge in [0.1, 0.15) is 12.1 Å². The molecule has 24 heavy (non-hydrogen) atoms. The molecule has 0 aliphatic carbocycles. The van der Waals surface area contributed by atoms with E-state index in [-0.39, 0.29) is 6.10 Å². The lowest BCUT2D eigenvalue weighted by atomic mass is 9.98. The first-order valence-electron chi connectivity index (χ1n) is 8.58. The number of nitrogens with zero attached hydrogens (tertiary/aromatic N) is 5. The molecule has 2 aliphatic rings. The molecular weight excluding hydrogens is 302 g/mol. The minimum atomic E-state index is 0.113. The van der Waals surface area contributed by atoms with Crippen molar-refractivity contribution < 1.29 is 4.74 Å². The maximum Gasteiger partial charge on any atom is 0.218 e. The molecule has 4 heterocycles. The first kappa shape index (κ1) is 15.2. The molecule has 2 aliphatic heterocycles. The Labute approximate surface area is 142 Å². The first-order valence-corrected chi connectivity index (χ1v) is 8.58. The SMILES string of the molecule is CC(C)Oc1cc(N2[C@@H]3CC[C@@H]2C=C(c2ccnn2C)C3)ncn1. The largest absolute Gasteiger partial charge is 0.475 e. The van der Waals surface area contributed by atoms with Crippen LogP contribution in [0, 0.1) is 0 Å². The van der Waals surface area contributed by atoms with E-state index in [1.165, 1.54) is 17.7 Å². The molecule has 126 valence electrons. The molecule has 2 aromatic rings. The Balaban J connectivity index is 1.63. The highest BCUT2D eigenvalue weighted by atomic mass is 16.5. The van der Waals surface area contributed by atoms with E-state index >= 15 is 0 Å². The summed E-state index contributed by atoms with van der Waals surface area (Å²) in [5.41, 5.74) is 2.62. The summed E-state index contributed by atoms with van der Waals surface area (Å²) in [4.78, 5) is 11.2. The fourth-order valence-electron chi connectivity index (χ4n) is 3.84. The van der Waals surface area contributed by atoms with Crippen molar-refractivity contribution in [1.82, 2.24) is 19.7 Å². The Kier molecular flexibility index (Phi) is 3.75. The zero-order chi connectivity index (χ0) is 16.7. The van der Waals surface area contributed by atoms with Crippen molar-refractivity contribution in [3.63, 3.8) is 0 Å². The summed E-state index contributed by atoms with van der Waals surface area (Å²) in [5, 5.41) is 4.30. The second-order valence-electron chi connectivity index (χ2n) is 6.82. The number of aryl methyl sites for hydroxylation is 1. The van der Waals surface area contributed by atoms with E-state index in [9.17, 15) is 0 Å². The topological polar surface area (TPSA) is 56.1 Å². The van der Waals surface area contributed by atoms with Gasteiger partial charge in [0.25, 0.3) is 0 Å². The molecule has 0 aromatic carbocycles. The van der Waals surface area contributed by atoms with Crippen LogP contribution in [0.2, 0.25) is 0 Å². The number of fused-ring (bicyclic) bond motifs is 2. The Bertz CT molecular complexity index is 766. The highest BCUT2D eigenvalue weighted by Crippen LogP contribution is 2.40. The highest BCUT2D eigenvalue weighted by Gasteiger charge is 2.38. The predicted molar refractivity (Wildman–Crippen MR) is 92.9 cm³/mol. The van der Waals surface area contributed by atoms with Gasteiger partial charge in [-0.15, -0.1) is 0 Å². The van der Waals surface area contributed by atoms with E-state index in [0.717, 1.165) is 18.7 Å². The Hall–Kier alpha value is -2.37. The van der Waals surface area contributed by atoms with Crippen LogP contribution in [0.15, 0.2) is 30.7 Å². The Morgan fingerprint density at radius 1 is 1.25 bits per heavy atom. The predicted octanol–water partition coefficient (Wildman–Crippen LogP) is 2.82. The van der Waals surface area contributed by atoms with Crippen molar-refractivity contribution in [3.05, 3.63) is 36.4 Å². The molecule has 0 amide bonds. The van der Waals surface area contributed by atoms with Crippen molar-refractivity contribution in [3.8, 4) is 5.88 Å². The van der Waals surface area contributed by atoms with Crippen LogP contribution in [0.3, 0.4) is 0 Å². The summed E-state index contributed by atoms with van der Waals surface area (Å²) in [6.45, 7) is 4.02. The number of hydrogen-bond donors (Lipinski definition) is 0. The Morgan fingerprint density at radius 2 is 2.12 bits per heavy atom. The van der Waals surface area contributed by atoms with Gasteiger partial charge >= 0.3 is 0 Å². The molecule has 0 unspecified atom stereocenters. The molecule has 0 radical (unpaired) electrons. The molecule has 0 saturated carbocycles. The van der Waals surface area contributed by atoms with Gasteiger partial charge in [0, 0.05) is 31.4 Å². The van der Waals surface area contributed by atoms with E-state index < -0.39 is 0 Å². The third-order valence-electron chi connectivity index (χ3n) is 4.79. The third-order valence-corrected chi connectivity index (χ3v) is 4.79. The van der Waals surface area contributed by atoms with Gasteiger partial charge in [0.15, 0.2) is 0 Å². The van der Waals surface area contributed by atoms with Crippen molar-refractivity contribution in [2.45, 2.75) is 51.3 Å². The van der Waals surface area contributed by atoms with Crippen molar-refractivity contribution in [1.29, 1.82) is 0 Å². The van der Waals surface area contributed by atoms with Crippen LogP contribution in [-0.4, -0.2) is 37.9 Å². The molecule has 6 heteroatoms. The average molecular weight is 325 g/mol. The summed E-state index contributed by atoms with van der Waals surface area (Å²) in [6, 6.07) is 4.93. The number of aromatic nitrogens is 4. The van der Waals surface area contributed by atoms with Gasteiger partial charge in [-0.3, -0.25) is 4.68 Å². The number of ether oxygens (including phenoxy) is 1. The summed E-state index contributed by atoms with van der Waals surface area (Å²) in [5.74, 6) is 1.62. The maximum atomic E-state index is 5.73. The zero-order valence-electron chi connectivity index (χ0n) is 14.4. The minimum Gasteiger partial charge on any atom is -0.475 e. The molecule has 1 fully saturated rings. The van der Waals surface area contributed by atoms with Gasteiger partial charge in [-0.25, -0.2) is 9.97 Å². The van der Waals surface area contributed by atoms with Crippen LogP contribution < -0.4 is 9.64 Å². The number of rotatable bonds is 4. The minimum absolute atomic E-state index is 0.113. The zero-order valence-corrected chi connectivity index (χ0v) is 14.4. The van der Waals surface area contributed by atoms with Gasteiger partial charge in [-0.05, 0) is 44.7 Å². The molecule has 1 saturated heterocycles. The lowest BCUT2D eigenvalue weighted by molar-refractivity contribution is 0.232. The maximum absolute atomic E-state index is 5.73. The lowest BCUT2D eigenvalue weighted by Gasteiger charge is -2.35. The summed E-state index contributed by atoms with van der Waals surface area (Å²) in [6.07, 6.45) is 9.34. The van der Waals surface area contributed by atoms with E-state index in [2.05, 4.69) is 32.1 Å². The fourth-order valence-corrected chi connectivity index (χ4v) is 3.84. The molecule has 2 aromatic heterocycles. The van der Waals surface area contributed by atoms with Crippen molar-refractivity contribution in [2.24, 2.45) is 7.05 Å². The summed E-state index contributed by atoms with van der Waals surface area (Å²) in [7, 11) is 2.00. The molecule has 6 nitrogen and oxygen atoms in total. The van der Waals surface area contributed by atoms with Gasteiger partial charge in [0.2, 0.25) is 5.88 Å². The smallest absolute Gasteiger partial charge is 0.218 e. The van der Waals surface area contributed by atoms with E-state index in [4.69, 9.17) is 4.74 Å². The molecule has 2 bridgehead atoms. The molecule has 2 atom stereocenters. The van der Waals surface area contributed by atoms with Gasteiger partial charge in [0.05, 0.1) is 11.8 Å². The van der Waals surface area contributed by atoms with E-state index in [1.54, 1.807) is 6.33 Å². The Morgan fingerprint density at radius 3 is 2.83 bits per heavy atom. The van der Waals surface area contributed by atoms with Gasteiger partial charge in [-0.1, -0.05) is 6.08 Å². The van der Waals surface area contributed by atoms with Crippen LogP contribution in [0.25, 0.3) is 5.57 Å². The molecule has 0 N–H and O–H groups in total. The quantitative estimate of drug-likeness (QED) is 0.865. The van der Waals surface area contributed by atoms with E-state index in [0.29, 0.717) is 18.0 Å². The van der Waals surface area contributed by atoms with Crippen molar-refractivity contribution in [2.75, 3.05) is 4.90 Å². The van der Waals surface area contributed by atoms with Crippen LogP contribution >= 0.6 is 0 Å². The van der Waals surface area contributed by atoms with Crippen LogP contribution in [0.5, 0.6) is 5.88 Å². The first-order chi connectivity index (χ1) is 11.6. The molecular formula is C18H23N5O. The summed E-state index contributed by atoms with van der Waals surface area (Å²) >= 11 is 0. The summed E-state index contributed by atoms with van der Waals surface area (Å²) < 4.78 is 7.69. The van der Waals surface area contributed by atoms with Crippen LogP contribution in [-0.2, 0) is 7.05 Å².